The summed E-state index contributed by atoms with van der Waals surface area (Å²) in [6, 6.07) is 13.8. The number of hydrogen-bond donors (Lipinski definition) is 3. The number of hydrogen-bond acceptors (Lipinski definition) is 4. The summed E-state index contributed by atoms with van der Waals surface area (Å²) in [7, 11) is 0. The molecular weight excluding hydrogens is 333 g/mol. The number of H-pyrrole nitrogens is 1. The van der Waals surface area contributed by atoms with Crippen molar-refractivity contribution in [1.29, 1.82) is 0 Å². The normalized spacial score (nSPS) is 10.8. The Morgan fingerprint density at radius 1 is 1.19 bits per heavy atom. The Hall–Kier alpha value is -3.48. The van der Waals surface area contributed by atoms with Crippen molar-refractivity contribution in [3.8, 4) is 11.3 Å². The number of halogens is 1. The van der Waals surface area contributed by atoms with Gasteiger partial charge in [-0.15, -0.1) is 0 Å². The molecule has 6 nitrogen and oxygen atoms in total. The first-order chi connectivity index (χ1) is 12.6. The van der Waals surface area contributed by atoms with Gasteiger partial charge >= 0.3 is 0 Å². The van der Waals surface area contributed by atoms with Crippen LogP contribution in [-0.4, -0.2) is 28.9 Å². The quantitative estimate of drug-likeness (QED) is 0.471. The Labute approximate surface area is 150 Å². The summed E-state index contributed by atoms with van der Waals surface area (Å²) >= 11 is 0. The van der Waals surface area contributed by atoms with Crippen molar-refractivity contribution >= 4 is 17.8 Å². The highest BCUT2D eigenvalue weighted by Gasteiger charge is 2.06. The van der Waals surface area contributed by atoms with Crippen molar-refractivity contribution in [2.45, 2.75) is 6.92 Å². The SMILES string of the molecule is Cc1ccc(NCC(=O)NN=Cc2cn[nH]c2-c2ccc(F)cc2)cc1. The number of nitrogens with zero attached hydrogens (tertiary/aromatic N) is 2. The van der Waals surface area contributed by atoms with Gasteiger partial charge in [0, 0.05) is 16.8 Å². The third-order valence-corrected chi connectivity index (χ3v) is 3.70. The minimum Gasteiger partial charge on any atom is -0.376 e. The van der Waals surface area contributed by atoms with Gasteiger partial charge in [-0.3, -0.25) is 9.89 Å². The third-order valence-electron chi connectivity index (χ3n) is 3.70. The maximum Gasteiger partial charge on any atom is 0.259 e. The highest BCUT2D eigenvalue weighted by atomic mass is 19.1. The van der Waals surface area contributed by atoms with Crippen molar-refractivity contribution in [2.75, 3.05) is 11.9 Å². The number of carbonyl (C=O) groups excluding carboxylic acids is 1. The van der Waals surface area contributed by atoms with Crippen LogP contribution in [0.5, 0.6) is 0 Å². The Kier molecular flexibility index (Phi) is 5.38. The summed E-state index contributed by atoms with van der Waals surface area (Å²) in [5.74, 6) is -0.578. The number of aryl methyl sites for hydroxylation is 1. The van der Waals surface area contributed by atoms with Crippen molar-refractivity contribution in [2.24, 2.45) is 5.10 Å². The van der Waals surface area contributed by atoms with E-state index in [0.717, 1.165) is 16.8 Å². The highest BCUT2D eigenvalue weighted by Crippen LogP contribution is 2.19. The van der Waals surface area contributed by atoms with Gasteiger partial charge in [-0.2, -0.15) is 10.2 Å². The van der Waals surface area contributed by atoms with E-state index >= 15 is 0 Å². The number of rotatable bonds is 6. The van der Waals surface area contributed by atoms with Crippen LogP contribution in [0.2, 0.25) is 0 Å². The summed E-state index contributed by atoms with van der Waals surface area (Å²) in [4.78, 5) is 11.9. The predicted octanol–water partition coefficient (Wildman–Crippen LogP) is 3.09. The van der Waals surface area contributed by atoms with Crippen LogP contribution in [0.1, 0.15) is 11.1 Å². The molecule has 0 aliphatic heterocycles. The average molecular weight is 351 g/mol. The fourth-order valence-electron chi connectivity index (χ4n) is 2.31. The number of benzene rings is 2. The van der Waals surface area contributed by atoms with E-state index in [-0.39, 0.29) is 18.3 Å². The average Bonchev–Trinajstić information content (AvgIpc) is 3.10. The molecule has 0 saturated carbocycles. The zero-order valence-corrected chi connectivity index (χ0v) is 14.2. The minimum absolute atomic E-state index is 0.108. The second kappa shape index (κ2) is 8.06. The lowest BCUT2D eigenvalue weighted by Gasteiger charge is -2.05. The molecule has 0 unspecified atom stereocenters. The zero-order valence-electron chi connectivity index (χ0n) is 14.2. The van der Waals surface area contributed by atoms with Crippen LogP contribution in [0.4, 0.5) is 10.1 Å². The standard InChI is InChI=1S/C19H18FN5O/c1-13-2-8-17(9-3-13)21-12-18(26)24-22-10-15-11-23-25-19(15)14-4-6-16(20)7-5-14/h2-11,21H,12H2,1H3,(H,23,25)(H,24,26). The number of aromatic nitrogens is 2. The molecule has 132 valence electrons. The van der Waals surface area contributed by atoms with E-state index in [2.05, 4.69) is 26.0 Å². The molecule has 0 aliphatic carbocycles. The predicted molar refractivity (Wildman–Crippen MR) is 99.4 cm³/mol. The Morgan fingerprint density at radius 3 is 2.65 bits per heavy atom. The molecule has 0 radical (unpaired) electrons. The van der Waals surface area contributed by atoms with Crippen LogP contribution in [0.25, 0.3) is 11.3 Å². The molecule has 1 heterocycles. The van der Waals surface area contributed by atoms with E-state index in [4.69, 9.17) is 0 Å². The van der Waals surface area contributed by atoms with E-state index < -0.39 is 0 Å². The highest BCUT2D eigenvalue weighted by molar-refractivity contribution is 5.89. The number of nitrogens with one attached hydrogen (secondary N) is 3. The summed E-state index contributed by atoms with van der Waals surface area (Å²) < 4.78 is 13.0. The van der Waals surface area contributed by atoms with Gasteiger partial charge in [0.2, 0.25) is 0 Å². The van der Waals surface area contributed by atoms with Crippen molar-refractivity contribution in [3.05, 3.63) is 71.7 Å². The van der Waals surface area contributed by atoms with Crippen molar-refractivity contribution in [3.63, 3.8) is 0 Å². The molecule has 0 spiro atoms. The van der Waals surface area contributed by atoms with Crippen LogP contribution in [0.15, 0.2) is 59.8 Å². The first-order valence-electron chi connectivity index (χ1n) is 8.03. The smallest absolute Gasteiger partial charge is 0.259 e. The molecule has 1 amide bonds. The fraction of sp³-hybridized carbons (Fsp3) is 0.105. The van der Waals surface area contributed by atoms with Gasteiger partial charge in [0.05, 0.1) is 24.7 Å². The molecule has 3 rings (SSSR count). The molecule has 2 aromatic carbocycles. The molecule has 7 heteroatoms. The Balaban J connectivity index is 1.55. The number of aromatic amines is 1. The summed E-state index contributed by atoms with van der Waals surface area (Å²) in [5.41, 5.74) is 6.63. The van der Waals surface area contributed by atoms with Crippen LogP contribution in [-0.2, 0) is 4.79 Å². The van der Waals surface area contributed by atoms with Crippen molar-refractivity contribution in [1.82, 2.24) is 15.6 Å². The van der Waals surface area contributed by atoms with E-state index in [1.807, 2.05) is 31.2 Å². The zero-order chi connectivity index (χ0) is 18.4. The van der Waals surface area contributed by atoms with Gasteiger partial charge in [0.15, 0.2) is 0 Å². The molecule has 0 saturated heterocycles. The maximum absolute atomic E-state index is 13.0. The molecular formula is C19H18FN5O. The number of amides is 1. The first-order valence-corrected chi connectivity index (χ1v) is 8.03. The molecule has 0 bridgehead atoms. The Bertz CT molecular complexity index is 900. The van der Waals surface area contributed by atoms with Gasteiger partial charge in [0.1, 0.15) is 5.82 Å². The molecule has 0 fully saturated rings. The van der Waals surface area contributed by atoms with Gasteiger partial charge in [-0.05, 0) is 43.3 Å². The van der Waals surface area contributed by atoms with Gasteiger partial charge in [-0.25, -0.2) is 9.82 Å². The van der Waals surface area contributed by atoms with Crippen LogP contribution < -0.4 is 10.7 Å². The van der Waals surface area contributed by atoms with E-state index in [0.29, 0.717) is 11.3 Å². The lowest BCUT2D eigenvalue weighted by molar-refractivity contribution is -0.119. The summed E-state index contributed by atoms with van der Waals surface area (Å²) in [6.07, 6.45) is 3.07. The van der Waals surface area contributed by atoms with Gasteiger partial charge in [-0.1, -0.05) is 17.7 Å². The molecule has 0 atom stereocenters. The second-order valence-electron chi connectivity index (χ2n) is 5.72. The summed E-state index contributed by atoms with van der Waals surface area (Å²) in [6.45, 7) is 2.11. The topological polar surface area (TPSA) is 82.2 Å². The Morgan fingerprint density at radius 2 is 1.92 bits per heavy atom. The number of hydrazone groups is 1. The lowest BCUT2D eigenvalue weighted by atomic mass is 10.1. The second-order valence-corrected chi connectivity index (χ2v) is 5.72. The van der Waals surface area contributed by atoms with E-state index in [9.17, 15) is 9.18 Å². The molecule has 3 aromatic rings. The largest absolute Gasteiger partial charge is 0.376 e. The van der Waals surface area contributed by atoms with Crippen molar-refractivity contribution < 1.29 is 9.18 Å². The molecule has 1 aromatic heterocycles. The van der Waals surface area contributed by atoms with E-state index in [1.54, 1.807) is 18.3 Å². The summed E-state index contributed by atoms with van der Waals surface area (Å²) in [5, 5.41) is 13.8. The fourth-order valence-corrected chi connectivity index (χ4v) is 2.31. The number of anilines is 1. The van der Waals surface area contributed by atoms with Crippen LogP contribution in [0.3, 0.4) is 0 Å². The molecule has 3 N–H and O–H groups in total. The van der Waals surface area contributed by atoms with Gasteiger partial charge in [0.25, 0.3) is 5.91 Å². The van der Waals surface area contributed by atoms with Gasteiger partial charge < -0.3 is 5.32 Å². The minimum atomic E-state index is -0.308. The monoisotopic (exact) mass is 351 g/mol. The van der Waals surface area contributed by atoms with Crippen LogP contribution in [0, 0.1) is 12.7 Å². The lowest BCUT2D eigenvalue weighted by Crippen LogP contribution is -2.25. The molecule has 26 heavy (non-hydrogen) atoms. The van der Waals surface area contributed by atoms with E-state index in [1.165, 1.54) is 18.3 Å². The number of carbonyl (C=O) groups is 1. The molecule has 0 aliphatic rings. The maximum atomic E-state index is 13.0. The third kappa shape index (κ3) is 4.54. The van der Waals surface area contributed by atoms with Crippen LogP contribution >= 0.6 is 0 Å². The first kappa shape index (κ1) is 17.3.